The first-order valence-corrected chi connectivity index (χ1v) is 7.95. The number of rotatable bonds is 4. The summed E-state index contributed by atoms with van der Waals surface area (Å²) in [6.07, 6.45) is -4.35. The van der Waals surface area contributed by atoms with Gasteiger partial charge in [0.2, 0.25) is 0 Å². The molecule has 2 heterocycles. The van der Waals surface area contributed by atoms with E-state index in [1.165, 1.54) is 17.8 Å². The molecule has 0 saturated heterocycles. The minimum Gasteiger partial charge on any atom is -0.410 e. The Bertz CT molecular complexity index is 837. The average molecular weight is 354 g/mol. The fourth-order valence-electron chi connectivity index (χ4n) is 2.02. The number of thioether (sulfide) groups is 1. The Morgan fingerprint density at radius 1 is 1.21 bits per heavy atom. The van der Waals surface area contributed by atoms with Crippen molar-refractivity contribution in [1.29, 1.82) is 0 Å². The van der Waals surface area contributed by atoms with Gasteiger partial charge in [-0.1, -0.05) is 30.0 Å². The molecule has 0 aliphatic carbocycles. The van der Waals surface area contributed by atoms with Crippen LogP contribution in [0.4, 0.5) is 13.2 Å². The molecule has 3 aromatic rings. The van der Waals surface area contributed by atoms with Crippen molar-refractivity contribution < 1.29 is 17.6 Å². The minimum atomic E-state index is -4.35. The summed E-state index contributed by atoms with van der Waals surface area (Å²) in [4.78, 5) is 0. The third-order valence-electron chi connectivity index (χ3n) is 3.36. The van der Waals surface area contributed by atoms with Crippen LogP contribution in [0.2, 0.25) is 0 Å². The molecule has 0 aliphatic heterocycles. The number of hydrogen-bond donors (Lipinski definition) is 0. The molecule has 24 heavy (non-hydrogen) atoms. The molecule has 0 unspecified atom stereocenters. The van der Waals surface area contributed by atoms with Gasteiger partial charge < -0.3 is 4.42 Å². The molecule has 1 aromatic carbocycles. The molecular weight excluding hydrogens is 341 g/mol. The van der Waals surface area contributed by atoms with Crippen molar-refractivity contribution in [2.45, 2.75) is 24.1 Å². The van der Waals surface area contributed by atoms with E-state index in [-0.39, 0.29) is 11.1 Å². The van der Waals surface area contributed by atoms with E-state index in [1.807, 2.05) is 13.0 Å². The highest BCUT2D eigenvalue weighted by atomic mass is 32.2. The maximum atomic E-state index is 12.7. The van der Waals surface area contributed by atoms with Gasteiger partial charge in [-0.3, -0.25) is 4.68 Å². The zero-order valence-corrected chi connectivity index (χ0v) is 13.6. The van der Waals surface area contributed by atoms with Gasteiger partial charge in [-0.05, 0) is 24.6 Å². The highest BCUT2D eigenvalue weighted by molar-refractivity contribution is 7.98. The van der Waals surface area contributed by atoms with E-state index in [0.29, 0.717) is 17.0 Å². The number of alkyl halides is 3. The van der Waals surface area contributed by atoms with Gasteiger partial charge in [0.15, 0.2) is 0 Å². The Kier molecular flexibility index (Phi) is 4.35. The summed E-state index contributed by atoms with van der Waals surface area (Å²) in [7, 11) is 1.80. The van der Waals surface area contributed by atoms with Crippen LogP contribution < -0.4 is 0 Å². The van der Waals surface area contributed by atoms with Gasteiger partial charge in [0.25, 0.3) is 11.1 Å². The summed E-state index contributed by atoms with van der Waals surface area (Å²) >= 11 is 1.18. The standard InChI is InChI=1S/C15H13F3N4OS/c1-9-6-12(21-22(9)2)13-19-20-14(23-13)24-8-10-4-3-5-11(7-10)15(16,17)18/h3-7H,8H2,1-2H3. The summed E-state index contributed by atoms with van der Waals surface area (Å²) in [5, 5.41) is 12.3. The van der Waals surface area contributed by atoms with Crippen molar-refractivity contribution in [2.75, 3.05) is 0 Å². The summed E-state index contributed by atoms with van der Waals surface area (Å²) in [5.41, 5.74) is 1.37. The maximum absolute atomic E-state index is 12.7. The molecule has 0 saturated carbocycles. The molecule has 5 nitrogen and oxygen atoms in total. The molecule has 126 valence electrons. The summed E-state index contributed by atoms with van der Waals surface area (Å²) in [6, 6.07) is 6.99. The number of aromatic nitrogens is 4. The molecule has 0 N–H and O–H groups in total. The summed E-state index contributed by atoms with van der Waals surface area (Å²) in [6.45, 7) is 1.90. The Labute approximate surface area is 139 Å². The predicted molar refractivity (Wildman–Crippen MR) is 82.2 cm³/mol. The zero-order chi connectivity index (χ0) is 17.3. The lowest BCUT2D eigenvalue weighted by Crippen LogP contribution is -2.04. The first-order chi connectivity index (χ1) is 11.3. The third-order valence-corrected chi connectivity index (χ3v) is 4.25. The van der Waals surface area contributed by atoms with E-state index in [2.05, 4.69) is 15.3 Å². The van der Waals surface area contributed by atoms with Crippen LogP contribution in [0.25, 0.3) is 11.6 Å². The van der Waals surface area contributed by atoms with Crippen LogP contribution in [-0.2, 0) is 19.0 Å². The SMILES string of the molecule is Cc1cc(-c2nnc(SCc3cccc(C(F)(F)F)c3)o2)nn1C. The molecule has 0 aliphatic rings. The largest absolute Gasteiger partial charge is 0.416 e. The van der Waals surface area contributed by atoms with Gasteiger partial charge in [0.1, 0.15) is 5.69 Å². The van der Waals surface area contributed by atoms with Crippen LogP contribution in [0.5, 0.6) is 0 Å². The van der Waals surface area contributed by atoms with Gasteiger partial charge in [-0.2, -0.15) is 18.3 Å². The summed E-state index contributed by atoms with van der Waals surface area (Å²) < 4.78 is 45.3. The van der Waals surface area contributed by atoms with Gasteiger partial charge in [-0.25, -0.2) is 0 Å². The van der Waals surface area contributed by atoms with Crippen molar-refractivity contribution in [3.05, 3.63) is 47.2 Å². The van der Waals surface area contributed by atoms with E-state index in [4.69, 9.17) is 4.42 Å². The highest BCUT2D eigenvalue weighted by Gasteiger charge is 2.30. The van der Waals surface area contributed by atoms with Crippen molar-refractivity contribution in [3.8, 4) is 11.6 Å². The van der Waals surface area contributed by atoms with Crippen LogP contribution in [0.1, 0.15) is 16.8 Å². The van der Waals surface area contributed by atoms with E-state index in [1.54, 1.807) is 17.8 Å². The molecule has 0 amide bonds. The lowest BCUT2D eigenvalue weighted by molar-refractivity contribution is -0.137. The quantitative estimate of drug-likeness (QED) is 0.661. The monoisotopic (exact) mass is 354 g/mol. The second-order valence-electron chi connectivity index (χ2n) is 5.15. The molecule has 0 bridgehead atoms. The molecule has 0 atom stereocenters. The highest BCUT2D eigenvalue weighted by Crippen LogP contribution is 2.31. The molecular formula is C15H13F3N4OS. The summed E-state index contributed by atoms with van der Waals surface area (Å²) in [5.74, 6) is 0.581. The number of benzene rings is 1. The lowest BCUT2D eigenvalue weighted by Gasteiger charge is -2.07. The zero-order valence-electron chi connectivity index (χ0n) is 12.8. The fourth-order valence-corrected chi connectivity index (χ4v) is 2.73. The second-order valence-corrected chi connectivity index (χ2v) is 6.08. The van der Waals surface area contributed by atoms with E-state index in [0.717, 1.165) is 17.8 Å². The number of nitrogens with zero attached hydrogens (tertiary/aromatic N) is 4. The average Bonchev–Trinajstić information content (AvgIpc) is 3.12. The second kappa shape index (κ2) is 6.31. The number of halogens is 3. The maximum Gasteiger partial charge on any atom is 0.416 e. The van der Waals surface area contributed by atoms with Crippen molar-refractivity contribution in [2.24, 2.45) is 7.05 Å². The Morgan fingerprint density at radius 2 is 2.00 bits per heavy atom. The van der Waals surface area contributed by atoms with Crippen LogP contribution in [0, 0.1) is 6.92 Å². The Hall–Kier alpha value is -2.29. The number of hydrogen-bond acceptors (Lipinski definition) is 5. The van der Waals surface area contributed by atoms with Crippen molar-refractivity contribution >= 4 is 11.8 Å². The van der Waals surface area contributed by atoms with Gasteiger partial charge in [0.05, 0.1) is 5.56 Å². The molecule has 9 heteroatoms. The Morgan fingerprint density at radius 3 is 2.67 bits per heavy atom. The number of aryl methyl sites for hydroxylation is 2. The lowest BCUT2D eigenvalue weighted by atomic mass is 10.1. The normalized spacial score (nSPS) is 11.9. The van der Waals surface area contributed by atoms with E-state index >= 15 is 0 Å². The molecule has 2 aromatic heterocycles. The van der Waals surface area contributed by atoms with E-state index in [9.17, 15) is 13.2 Å². The molecule has 3 rings (SSSR count). The molecule has 0 radical (unpaired) electrons. The smallest absolute Gasteiger partial charge is 0.410 e. The van der Waals surface area contributed by atoms with Crippen LogP contribution in [-0.4, -0.2) is 20.0 Å². The predicted octanol–water partition coefficient (Wildman–Crippen LogP) is 4.09. The minimum absolute atomic E-state index is 0.283. The topological polar surface area (TPSA) is 56.7 Å². The van der Waals surface area contributed by atoms with Crippen molar-refractivity contribution in [1.82, 2.24) is 20.0 Å². The van der Waals surface area contributed by atoms with Crippen LogP contribution >= 0.6 is 11.8 Å². The van der Waals surface area contributed by atoms with Crippen LogP contribution in [0.3, 0.4) is 0 Å². The van der Waals surface area contributed by atoms with Gasteiger partial charge >= 0.3 is 6.18 Å². The Balaban J connectivity index is 1.70. The third kappa shape index (κ3) is 3.61. The van der Waals surface area contributed by atoms with Gasteiger partial charge in [0, 0.05) is 18.5 Å². The fraction of sp³-hybridized carbons (Fsp3) is 0.267. The van der Waals surface area contributed by atoms with Crippen LogP contribution in [0.15, 0.2) is 40.0 Å². The van der Waals surface area contributed by atoms with E-state index < -0.39 is 11.7 Å². The molecule has 0 spiro atoms. The first-order valence-electron chi connectivity index (χ1n) is 6.96. The van der Waals surface area contributed by atoms with Crippen molar-refractivity contribution in [3.63, 3.8) is 0 Å². The molecule has 0 fully saturated rings. The van der Waals surface area contributed by atoms with Gasteiger partial charge in [-0.15, -0.1) is 10.2 Å². The first kappa shape index (κ1) is 16.6.